The molecule has 1 fully saturated rings. The van der Waals surface area contributed by atoms with E-state index in [4.69, 9.17) is 0 Å². The summed E-state index contributed by atoms with van der Waals surface area (Å²) in [5.41, 5.74) is 0.438. The molecule has 1 aliphatic rings. The number of carbonyl (C=O) groups is 1. The Morgan fingerprint density at radius 2 is 2.11 bits per heavy atom. The lowest BCUT2D eigenvalue weighted by Gasteiger charge is -2.11. The molecule has 1 aromatic rings. The van der Waals surface area contributed by atoms with Crippen LogP contribution in [0.3, 0.4) is 0 Å². The molecule has 1 aliphatic carbocycles. The van der Waals surface area contributed by atoms with Gasteiger partial charge in [0.15, 0.2) is 0 Å². The number of benzene rings is 1. The van der Waals surface area contributed by atoms with E-state index >= 15 is 0 Å². The molecule has 0 radical (unpaired) electrons. The van der Waals surface area contributed by atoms with Crippen molar-refractivity contribution in [2.75, 3.05) is 11.8 Å². The summed E-state index contributed by atoms with van der Waals surface area (Å²) < 4.78 is 31.4. The number of nitrogens with one attached hydrogen (secondary N) is 1. The number of methoxy groups -OCH3 is 1. The third-order valence-corrected chi connectivity index (χ3v) is 4.95. The average molecular weight is 334 g/mol. The second-order valence-electron chi connectivity index (χ2n) is 4.03. The maximum absolute atomic E-state index is 11.8. The zero-order valence-corrected chi connectivity index (χ0v) is 12.0. The lowest BCUT2D eigenvalue weighted by molar-refractivity contribution is 0.0602. The Labute approximate surface area is 114 Å². The highest BCUT2D eigenvalue weighted by Crippen LogP contribution is 2.31. The molecule has 5 nitrogen and oxygen atoms in total. The van der Waals surface area contributed by atoms with Gasteiger partial charge in [-0.3, -0.25) is 4.72 Å². The molecule has 98 valence electrons. The molecule has 0 unspecified atom stereocenters. The molecule has 1 aromatic carbocycles. The van der Waals surface area contributed by atoms with E-state index in [2.05, 4.69) is 25.4 Å². The van der Waals surface area contributed by atoms with Crippen molar-refractivity contribution in [3.8, 4) is 0 Å². The molecule has 0 aromatic heterocycles. The Morgan fingerprint density at radius 3 is 2.67 bits per heavy atom. The molecule has 1 N–H and O–H groups in total. The molecule has 7 heteroatoms. The molecule has 0 spiro atoms. The SMILES string of the molecule is COC(=O)c1cc(Br)ccc1NS(=O)(=O)C1CC1. The fraction of sp³-hybridized carbons (Fsp3) is 0.364. The Kier molecular flexibility index (Phi) is 3.63. The van der Waals surface area contributed by atoms with Gasteiger partial charge in [0.1, 0.15) is 0 Å². The van der Waals surface area contributed by atoms with Crippen molar-refractivity contribution in [2.24, 2.45) is 0 Å². The van der Waals surface area contributed by atoms with E-state index in [1.807, 2.05) is 0 Å². The van der Waals surface area contributed by atoms with Gasteiger partial charge >= 0.3 is 5.97 Å². The van der Waals surface area contributed by atoms with E-state index in [0.717, 1.165) is 0 Å². The van der Waals surface area contributed by atoms with Gasteiger partial charge in [0, 0.05) is 4.47 Å². The first-order chi connectivity index (χ1) is 8.44. The van der Waals surface area contributed by atoms with E-state index in [9.17, 15) is 13.2 Å². The second-order valence-corrected chi connectivity index (χ2v) is 6.90. The second kappa shape index (κ2) is 4.89. The molecule has 0 saturated heterocycles. The van der Waals surface area contributed by atoms with E-state index in [1.54, 1.807) is 6.07 Å². The predicted octanol–water partition coefficient (Wildman–Crippen LogP) is 2.14. The molecule has 18 heavy (non-hydrogen) atoms. The Morgan fingerprint density at radius 1 is 1.44 bits per heavy atom. The zero-order valence-electron chi connectivity index (χ0n) is 9.64. The normalized spacial score (nSPS) is 15.2. The Hall–Kier alpha value is -1.08. The number of hydrogen-bond donors (Lipinski definition) is 1. The summed E-state index contributed by atoms with van der Waals surface area (Å²) in [5.74, 6) is -0.579. The van der Waals surface area contributed by atoms with Gasteiger partial charge in [-0.1, -0.05) is 15.9 Å². The maximum Gasteiger partial charge on any atom is 0.340 e. The largest absolute Gasteiger partial charge is 0.465 e. The highest BCUT2D eigenvalue weighted by atomic mass is 79.9. The van der Waals surface area contributed by atoms with Gasteiger partial charge in [0.05, 0.1) is 23.6 Å². The summed E-state index contributed by atoms with van der Waals surface area (Å²) >= 11 is 3.23. The number of anilines is 1. The van der Waals surface area contributed by atoms with Gasteiger partial charge in [-0.25, -0.2) is 13.2 Å². The standard InChI is InChI=1S/C11H12BrNO4S/c1-17-11(14)9-6-7(12)2-5-10(9)13-18(15,16)8-3-4-8/h2,5-6,8,13H,3-4H2,1H3. The van der Waals surface area contributed by atoms with Crippen molar-refractivity contribution in [3.63, 3.8) is 0 Å². The fourth-order valence-corrected chi connectivity index (χ4v) is 3.27. The van der Waals surface area contributed by atoms with Crippen LogP contribution in [0.25, 0.3) is 0 Å². The number of carbonyl (C=O) groups excluding carboxylic acids is 1. The van der Waals surface area contributed by atoms with Crippen LogP contribution in [0.15, 0.2) is 22.7 Å². The fourth-order valence-electron chi connectivity index (χ4n) is 1.50. The molecule has 0 atom stereocenters. The monoisotopic (exact) mass is 333 g/mol. The third kappa shape index (κ3) is 2.84. The number of esters is 1. The van der Waals surface area contributed by atoms with Crippen molar-refractivity contribution in [1.29, 1.82) is 0 Å². The van der Waals surface area contributed by atoms with Crippen LogP contribution in [0, 0.1) is 0 Å². The summed E-state index contributed by atoms with van der Waals surface area (Å²) in [5, 5.41) is -0.341. The minimum Gasteiger partial charge on any atom is -0.465 e. The first-order valence-corrected chi connectivity index (χ1v) is 7.67. The highest BCUT2D eigenvalue weighted by molar-refractivity contribution is 9.10. The Balaban J connectivity index is 2.35. The molecule has 2 rings (SSSR count). The predicted molar refractivity (Wildman–Crippen MR) is 71.0 cm³/mol. The van der Waals surface area contributed by atoms with E-state index in [1.165, 1.54) is 19.2 Å². The Bertz CT molecular complexity index is 581. The summed E-state index contributed by atoms with van der Waals surface area (Å²) in [6, 6.07) is 4.73. The molecule has 0 amide bonds. The molecule has 0 heterocycles. The van der Waals surface area contributed by atoms with Crippen LogP contribution in [0.5, 0.6) is 0 Å². The highest BCUT2D eigenvalue weighted by Gasteiger charge is 2.36. The van der Waals surface area contributed by atoms with E-state index in [-0.39, 0.29) is 16.5 Å². The van der Waals surface area contributed by atoms with Gasteiger partial charge in [0.2, 0.25) is 10.0 Å². The first kappa shape index (κ1) is 13.4. The third-order valence-electron chi connectivity index (χ3n) is 2.60. The molecule has 1 saturated carbocycles. The van der Waals surface area contributed by atoms with Crippen LogP contribution in [0.4, 0.5) is 5.69 Å². The van der Waals surface area contributed by atoms with Crippen molar-refractivity contribution in [3.05, 3.63) is 28.2 Å². The van der Waals surface area contributed by atoms with Gasteiger partial charge < -0.3 is 4.74 Å². The van der Waals surface area contributed by atoms with Crippen LogP contribution in [0.2, 0.25) is 0 Å². The van der Waals surface area contributed by atoms with Crippen molar-refractivity contribution in [2.45, 2.75) is 18.1 Å². The topological polar surface area (TPSA) is 72.5 Å². The first-order valence-electron chi connectivity index (χ1n) is 5.33. The minimum atomic E-state index is -3.39. The van der Waals surface area contributed by atoms with Crippen molar-refractivity contribution in [1.82, 2.24) is 0 Å². The summed E-state index contributed by atoms with van der Waals surface area (Å²) in [6.45, 7) is 0. The van der Waals surface area contributed by atoms with Crippen molar-refractivity contribution < 1.29 is 17.9 Å². The van der Waals surface area contributed by atoms with Crippen LogP contribution in [0.1, 0.15) is 23.2 Å². The van der Waals surface area contributed by atoms with Gasteiger partial charge in [-0.2, -0.15) is 0 Å². The van der Waals surface area contributed by atoms with Crippen molar-refractivity contribution >= 4 is 37.6 Å². The smallest absolute Gasteiger partial charge is 0.340 e. The number of hydrogen-bond acceptors (Lipinski definition) is 4. The van der Waals surface area contributed by atoms with Crippen LogP contribution < -0.4 is 4.72 Å². The molecule has 0 bridgehead atoms. The van der Waals surface area contributed by atoms with Crippen LogP contribution in [-0.2, 0) is 14.8 Å². The number of sulfonamides is 1. The van der Waals surface area contributed by atoms with Gasteiger partial charge in [-0.15, -0.1) is 0 Å². The quantitative estimate of drug-likeness (QED) is 0.857. The number of ether oxygens (including phenoxy) is 1. The van der Waals surface area contributed by atoms with E-state index < -0.39 is 16.0 Å². The molecular formula is C11H12BrNO4S. The summed E-state index contributed by atoms with van der Waals surface area (Å²) in [7, 11) is -2.14. The summed E-state index contributed by atoms with van der Waals surface area (Å²) in [6.07, 6.45) is 1.33. The lowest BCUT2D eigenvalue weighted by atomic mass is 10.2. The van der Waals surface area contributed by atoms with Crippen LogP contribution >= 0.6 is 15.9 Å². The average Bonchev–Trinajstić information content (AvgIpc) is 3.14. The van der Waals surface area contributed by atoms with Crippen LogP contribution in [-0.4, -0.2) is 26.7 Å². The molecule has 0 aliphatic heterocycles. The van der Waals surface area contributed by atoms with Gasteiger partial charge in [0.25, 0.3) is 0 Å². The minimum absolute atomic E-state index is 0.191. The lowest BCUT2D eigenvalue weighted by Crippen LogP contribution is -2.19. The molecular weight excluding hydrogens is 322 g/mol. The maximum atomic E-state index is 11.8. The number of halogens is 1. The zero-order chi connectivity index (χ0) is 13.3. The summed E-state index contributed by atoms with van der Waals surface area (Å²) in [4.78, 5) is 11.6. The van der Waals surface area contributed by atoms with E-state index in [0.29, 0.717) is 17.3 Å². The number of rotatable bonds is 4. The van der Waals surface area contributed by atoms with Gasteiger partial charge in [-0.05, 0) is 31.0 Å².